The summed E-state index contributed by atoms with van der Waals surface area (Å²) >= 11 is 0. The Balaban J connectivity index is 2.20. The van der Waals surface area contributed by atoms with Gasteiger partial charge in [-0.2, -0.15) is 0 Å². The normalized spacial score (nSPS) is 19.7. The van der Waals surface area contributed by atoms with Gasteiger partial charge in [-0.25, -0.2) is 9.78 Å². The Bertz CT molecular complexity index is 743. The van der Waals surface area contributed by atoms with Crippen LogP contribution in [0.5, 0.6) is 0 Å². The molecule has 2 aromatic rings. The van der Waals surface area contributed by atoms with E-state index in [1.807, 2.05) is 0 Å². The van der Waals surface area contributed by atoms with Crippen LogP contribution in [-0.2, 0) is 16.6 Å². The highest BCUT2D eigenvalue weighted by molar-refractivity contribution is 6.00. The minimum Gasteiger partial charge on any atom is -0.295 e. The van der Waals surface area contributed by atoms with Gasteiger partial charge in [-0.1, -0.05) is 0 Å². The van der Waals surface area contributed by atoms with E-state index >= 15 is 0 Å². The second-order valence-corrected chi connectivity index (χ2v) is 4.52. The lowest BCUT2D eigenvalue weighted by atomic mass is 10.1. The molecule has 1 unspecified atom stereocenters. The van der Waals surface area contributed by atoms with Gasteiger partial charge in [0.25, 0.3) is 0 Å². The Kier molecular flexibility index (Phi) is 2.48. The molecule has 19 heavy (non-hydrogen) atoms. The molecule has 0 radical (unpaired) electrons. The summed E-state index contributed by atoms with van der Waals surface area (Å²) in [6.07, 6.45) is 2.16. The number of amides is 2. The highest BCUT2D eigenvalue weighted by Crippen LogP contribution is 2.21. The van der Waals surface area contributed by atoms with Crippen LogP contribution in [0.25, 0.3) is 11.2 Å². The molecule has 1 aliphatic rings. The smallest absolute Gasteiger partial charge is 0.295 e. The van der Waals surface area contributed by atoms with E-state index in [2.05, 4.69) is 10.3 Å². The van der Waals surface area contributed by atoms with Crippen molar-refractivity contribution in [2.45, 2.75) is 18.9 Å². The number of hydrogen-bond donors (Lipinski definition) is 1. The van der Waals surface area contributed by atoms with Crippen LogP contribution in [-0.4, -0.2) is 25.9 Å². The van der Waals surface area contributed by atoms with Crippen LogP contribution < -0.4 is 11.0 Å². The van der Waals surface area contributed by atoms with Crippen LogP contribution in [0.1, 0.15) is 18.9 Å². The highest BCUT2D eigenvalue weighted by Gasteiger charge is 2.31. The van der Waals surface area contributed by atoms with Crippen molar-refractivity contribution in [2.24, 2.45) is 7.05 Å². The number of carbonyl (C=O) groups excluding carboxylic acids is 2. The van der Waals surface area contributed by atoms with Crippen LogP contribution in [0.4, 0.5) is 0 Å². The monoisotopic (exact) mass is 260 g/mol. The Morgan fingerprint density at radius 3 is 2.89 bits per heavy atom. The van der Waals surface area contributed by atoms with Gasteiger partial charge in [-0.3, -0.25) is 24.0 Å². The zero-order chi connectivity index (χ0) is 13.6. The number of nitrogens with zero attached hydrogens (tertiary/aromatic N) is 3. The van der Waals surface area contributed by atoms with Gasteiger partial charge in [0.2, 0.25) is 11.8 Å². The fraction of sp³-hybridized carbons (Fsp3) is 0.333. The van der Waals surface area contributed by atoms with Gasteiger partial charge in [-0.15, -0.1) is 0 Å². The van der Waals surface area contributed by atoms with Gasteiger partial charge in [0.1, 0.15) is 6.04 Å². The van der Waals surface area contributed by atoms with Crippen LogP contribution in [0.3, 0.4) is 0 Å². The molecule has 1 atom stereocenters. The summed E-state index contributed by atoms with van der Waals surface area (Å²) in [7, 11) is 1.61. The van der Waals surface area contributed by atoms with Gasteiger partial charge < -0.3 is 0 Å². The molecule has 0 bridgehead atoms. The van der Waals surface area contributed by atoms with Gasteiger partial charge in [0, 0.05) is 19.7 Å². The molecule has 0 aliphatic carbocycles. The first-order valence-electron chi connectivity index (χ1n) is 5.95. The maximum atomic E-state index is 12.2. The highest BCUT2D eigenvalue weighted by atomic mass is 16.2. The summed E-state index contributed by atoms with van der Waals surface area (Å²) in [5.74, 6) is -0.734. The summed E-state index contributed by atoms with van der Waals surface area (Å²) in [6, 6.07) is 2.80. The third kappa shape index (κ3) is 1.66. The summed E-state index contributed by atoms with van der Waals surface area (Å²) in [5.41, 5.74) is 0.824. The summed E-state index contributed by atoms with van der Waals surface area (Å²) in [6.45, 7) is 0. The lowest BCUT2D eigenvalue weighted by Crippen LogP contribution is -2.44. The number of carbonyl (C=O) groups is 2. The predicted octanol–water partition coefficient (Wildman–Crippen LogP) is -0.287. The summed E-state index contributed by atoms with van der Waals surface area (Å²) in [5, 5.41) is 2.26. The molecule has 3 heterocycles. The fourth-order valence-electron chi connectivity index (χ4n) is 2.42. The molecule has 1 fully saturated rings. The molecular weight excluding hydrogens is 248 g/mol. The van der Waals surface area contributed by atoms with E-state index in [1.165, 1.54) is 9.13 Å². The van der Waals surface area contributed by atoms with E-state index in [4.69, 9.17) is 0 Å². The molecule has 1 aliphatic heterocycles. The van der Waals surface area contributed by atoms with E-state index in [9.17, 15) is 14.4 Å². The third-order valence-corrected chi connectivity index (χ3v) is 3.36. The third-order valence-electron chi connectivity index (χ3n) is 3.36. The average Bonchev–Trinajstić information content (AvgIpc) is 2.64. The summed E-state index contributed by atoms with van der Waals surface area (Å²) in [4.78, 5) is 39.4. The van der Waals surface area contributed by atoms with Gasteiger partial charge in [0.15, 0.2) is 5.65 Å². The second-order valence-electron chi connectivity index (χ2n) is 4.52. The summed E-state index contributed by atoms with van der Waals surface area (Å²) < 4.78 is 2.81. The fourth-order valence-corrected chi connectivity index (χ4v) is 2.42. The van der Waals surface area contributed by atoms with E-state index in [0.29, 0.717) is 17.6 Å². The SMILES string of the molecule is Cn1c(=O)n(C2CCC(=O)NC2=O)c2cccnc21. The second kappa shape index (κ2) is 4.04. The Morgan fingerprint density at radius 1 is 1.37 bits per heavy atom. The van der Waals surface area contributed by atoms with Gasteiger partial charge in [-0.05, 0) is 18.6 Å². The molecule has 0 aromatic carbocycles. The van der Waals surface area contributed by atoms with Crippen molar-refractivity contribution in [3.05, 3.63) is 28.8 Å². The number of aryl methyl sites for hydroxylation is 1. The molecule has 2 aromatic heterocycles. The molecule has 1 N–H and O–H groups in total. The van der Waals surface area contributed by atoms with Crippen LogP contribution in [0.15, 0.2) is 23.1 Å². The number of aromatic nitrogens is 3. The number of pyridine rings is 1. The van der Waals surface area contributed by atoms with Crippen LogP contribution >= 0.6 is 0 Å². The zero-order valence-electron chi connectivity index (χ0n) is 10.3. The predicted molar refractivity (Wildman–Crippen MR) is 66.4 cm³/mol. The Labute approximate surface area is 107 Å². The molecule has 98 valence electrons. The van der Waals surface area contributed by atoms with Crippen molar-refractivity contribution in [1.29, 1.82) is 0 Å². The molecule has 2 amide bonds. The first kappa shape index (κ1) is 11.6. The Morgan fingerprint density at radius 2 is 2.16 bits per heavy atom. The number of imidazole rings is 1. The number of imide groups is 1. The van der Waals surface area contributed by atoms with Crippen molar-refractivity contribution in [1.82, 2.24) is 19.4 Å². The van der Waals surface area contributed by atoms with Crippen LogP contribution in [0, 0.1) is 0 Å². The van der Waals surface area contributed by atoms with Crippen molar-refractivity contribution in [3.8, 4) is 0 Å². The van der Waals surface area contributed by atoms with Crippen molar-refractivity contribution in [3.63, 3.8) is 0 Å². The Hall–Kier alpha value is -2.44. The number of hydrogen-bond acceptors (Lipinski definition) is 4. The maximum Gasteiger partial charge on any atom is 0.330 e. The topological polar surface area (TPSA) is 86.0 Å². The molecule has 7 heteroatoms. The minimum atomic E-state index is -0.655. The first-order chi connectivity index (χ1) is 9.09. The van der Waals surface area contributed by atoms with Crippen molar-refractivity contribution in [2.75, 3.05) is 0 Å². The minimum absolute atomic E-state index is 0.236. The van der Waals surface area contributed by atoms with E-state index < -0.39 is 11.9 Å². The van der Waals surface area contributed by atoms with Gasteiger partial charge in [0.05, 0.1) is 5.52 Å². The lowest BCUT2D eigenvalue weighted by molar-refractivity contribution is -0.135. The van der Waals surface area contributed by atoms with Crippen molar-refractivity contribution >= 4 is 23.0 Å². The standard InChI is InChI=1S/C12H12N4O3/c1-15-10-7(3-2-6-13-10)16(12(15)19)8-4-5-9(17)14-11(8)18/h2-3,6,8H,4-5H2,1H3,(H,14,17,18). The number of nitrogens with one attached hydrogen (secondary N) is 1. The van der Waals surface area contributed by atoms with Gasteiger partial charge >= 0.3 is 5.69 Å². The molecule has 0 spiro atoms. The first-order valence-corrected chi connectivity index (χ1v) is 5.95. The molecule has 3 rings (SSSR count). The van der Waals surface area contributed by atoms with Crippen LogP contribution in [0.2, 0.25) is 0 Å². The largest absolute Gasteiger partial charge is 0.330 e. The van der Waals surface area contributed by atoms with Crippen molar-refractivity contribution < 1.29 is 9.59 Å². The zero-order valence-corrected chi connectivity index (χ0v) is 10.3. The van der Waals surface area contributed by atoms with E-state index in [0.717, 1.165) is 0 Å². The maximum absolute atomic E-state index is 12.2. The number of piperidine rings is 1. The molecular formula is C12H12N4O3. The van der Waals surface area contributed by atoms with E-state index in [-0.39, 0.29) is 18.0 Å². The molecule has 0 saturated carbocycles. The number of rotatable bonds is 1. The lowest BCUT2D eigenvalue weighted by Gasteiger charge is -2.21. The molecule has 1 saturated heterocycles. The van der Waals surface area contributed by atoms with E-state index in [1.54, 1.807) is 25.4 Å². The number of fused-ring (bicyclic) bond motifs is 1. The quantitative estimate of drug-likeness (QED) is 0.714. The molecule has 7 nitrogen and oxygen atoms in total. The average molecular weight is 260 g/mol.